The van der Waals surface area contributed by atoms with E-state index in [-0.39, 0.29) is 6.10 Å². The topological polar surface area (TPSA) is 21.6 Å². The number of hydrogen-bond donors (Lipinski definition) is 0. The molecule has 97 valence electrons. The molecule has 18 heavy (non-hydrogen) atoms. The standard InChI is InChI=1S/C16H22NO/c1-13(2)18-17-12-15-10-6-7-11-16(15)14-8-4-3-5-9-14/h6-7,10-11,13-14H,3-5,8-9H2,1-2H3. The maximum atomic E-state index is 5.20. The molecule has 2 nitrogen and oxygen atoms in total. The molecule has 0 aromatic heterocycles. The largest absolute Gasteiger partial charge is 0.393 e. The maximum absolute atomic E-state index is 5.20. The monoisotopic (exact) mass is 244 g/mol. The van der Waals surface area contributed by atoms with Crippen molar-refractivity contribution in [1.82, 2.24) is 0 Å². The summed E-state index contributed by atoms with van der Waals surface area (Å²) < 4.78 is 0. The van der Waals surface area contributed by atoms with Crippen LogP contribution in [0.15, 0.2) is 29.4 Å². The van der Waals surface area contributed by atoms with Gasteiger partial charge in [-0.3, -0.25) is 0 Å². The van der Waals surface area contributed by atoms with Crippen molar-refractivity contribution < 1.29 is 4.84 Å². The van der Waals surface area contributed by atoms with E-state index in [1.807, 2.05) is 19.9 Å². The summed E-state index contributed by atoms with van der Waals surface area (Å²) in [7, 11) is 0. The third-order valence-electron chi connectivity index (χ3n) is 3.44. The first kappa shape index (κ1) is 13.1. The van der Waals surface area contributed by atoms with E-state index in [1.165, 1.54) is 37.7 Å². The highest BCUT2D eigenvalue weighted by atomic mass is 16.6. The molecule has 2 rings (SSSR count). The molecule has 1 aliphatic carbocycles. The molecule has 0 atom stereocenters. The molecule has 1 radical (unpaired) electrons. The van der Waals surface area contributed by atoms with Crippen molar-refractivity contribution in [3.05, 3.63) is 35.4 Å². The molecular weight excluding hydrogens is 222 g/mol. The molecule has 0 saturated heterocycles. The van der Waals surface area contributed by atoms with Crippen LogP contribution < -0.4 is 0 Å². The second-order valence-electron chi connectivity index (χ2n) is 5.28. The Balaban J connectivity index is 2.11. The van der Waals surface area contributed by atoms with Crippen molar-refractivity contribution >= 4 is 6.21 Å². The van der Waals surface area contributed by atoms with Crippen LogP contribution in [-0.2, 0) is 4.84 Å². The molecule has 0 unspecified atom stereocenters. The minimum Gasteiger partial charge on any atom is -0.393 e. The second kappa shape index (κ2) is 6.58. The van der Waals surface area contributed by atoms with Gasteiger partial charge in [-0.1, -0.05) is 48.7 Å². The summed E-state index contributed by atoms with van der Waals surface area (Å²) in [5.41, 5.74) is 2.47. The number of rotatable bonds is 4. The predicted molar refractivity (Wildman–Crippen MR) is 75.0 cm³/mol. The molecule has 1 aliphatic rings. The average Bonchev–Trinajstić information content (AvgIpc) is 2.40. The second-order valence-corrected chi connectivity index (χ2v) is 5.28. The fraction of sp³-hybridized carbons (Fsp3) is 0.562. The molecule has 1 aromatic carbocycles. The van der Waals surface area contributed by atoms with Crippen LogP contribution in [-0.4, -0.2) is 12.3 Å². The molecule has 0 heterocycles. The molecule has 0 amide bonds. The lowest BCUT2D eigenvalue weighted by Crippen LogP contribution is -2.07. The fourth-order valence-electron chi connectivity index (χ4n) is 2.55. The van der Waals surface area contributed by atoms with Crippen molar-refractivity contribution in [2.24, 2.45) is 5.16 Å². The summed E-state index contributed by atoms with van der Waals surface area (Å²) in [4.78, 5) is 5.20. The zero-order valence-corrected chi connectivity index (χ0v) is 11.4. The lowest BCUT2D eigenvalue weighted by molar-refractivity contribution is 0.0873. The Bertz CT molecular complexity index is 392. The van der Waals surface area contributed by atoms with E-state index >= 15 is 0 Å². The third kappa shape index (κ3) is 3.59. The van der Waals surface area contributed by atoms with Crippen LogP contribution in [0.3, 0.4) is 0 Å². The van der Waals surface area contributed by atoms with Gasteiger partial charge in [0.2, 0.25) is 0 Å². The van der Waals surface area contributed by atoms with Gasteiger partial charge in [-0.15, -0.1) is 0 Å². The van der Waals surface area contributed by atoms with Gasteiger partial charge in [0.05, 0.1) is 0 Å². The molecule has 0 aliphatic heterocycles. The Morgan fingerprint density at radius 3 is 2.61 bits per heavy atom. The summed E-state index contributed by atoms with van der Waals surface area (Å²) in [5, 5.41) is 3.95. The fourth-order valence-corrected chi connectivity index (χ4v) is 2.55. The maximum Gasteiger partial charge on any atom is 0.140 e. The quantitative estimate of drug-likeness (QED) is 0.569. The van der Waals surface area contributed by atoms with Crippen LogP contribution in [0.25, 0.3) is 0 Å². The van der Waals surface area contributed by atoms with Crippen molar-refractivity contribution in [3.63, 3.8) is 0 Å². The minimum atomic E-state index is 0.111. The number of hydrogen-bond acceptors (Lipinski definition) is 2. The Hall–Kier alpha value is -1.31. The normalized spacial score (nSPS) is 17.5. The zero-order valence-electron chi connectivity index (χ0n) is 11.4. The summed E-state index contributed by atoms with van der Waals surface area (Å²) in [6, 6.07) is 8.44. The van der Waals surface area contributed by atoms with Gasteiger partial charge in [-0.05, 0) is 38.2 Å². The average molecular weight is 244 g/mol. The van der Waals surface area contributed by atoms with E-state index in [2.05, 4.69) is 29.6 Å². The van der Waals surface area contributed by atoms with Gasteiger partial charge in [-0.25, -0.2) is 0 Å². The molecule has 1 aromatic rings. The van der Waals surface area contributed by atoms with Crippen LogP contribution in [0.2, 0.25) is 0 Å². The third-order valence-corrected chi connectivity index (χ3v) is 3.44. The van der Waals surface area contributed by atoms with Crippen molar-refractivity contribution in [2.45, 2.75) is 58.0 Å². The first-order valence-electron chi connectivity index (χ1n) is 6.98. The van der Waals surface area contributed by atoms with Crippen LogP contribution in [0.5, 0.6) is 0 Å². The Morgan fingerprint density at radius 1 is 1.17 bits per heavy atom. The molecule has 1 fully saturated rings. The molecule has 1 saturated carbocycles. The first-order valence-corrected chi connectivity index (χ1v) is 6.98. The molecule has 0 N–H and O–H groups in total. The van der Waals surface area contributed by atoms with Gasteiger partial charge in [-0.2, -0.15) is 0 Å². The van der Waals surface area contributed by atoms with E-state index < -0.39 is 0 Å². The van der Waals surface area contributed by atoms with Crippen molar-refractivity contribution in [3.8, 4) is 0 Å². The Labute approximate surface area is 110 Å². The van der Waals surface area contributed by atoms with Gasteiger partial charge in [0.25, 0.3) is 0 Å². The smallest absolute Gasteiger partial charge is 0.140 e. The van der Waals surface area contributed by atoms with E-state index in [0.29, 0.717) is 5.92 Å². The first-order chi connectivity index (χ1) is 8.77. The van der Waals surface area contributed by atoms with Gasteiger partial charge in [0.15, 0.2) is 0 Å². The highest BCUT2D eigenvalue weighted by molar-refractivity contribution is 5.81. The lowest BCUT2D eigenvalue weighted by Gasteiger charge is -2.23. The highest BCUT2D eigenvalue weighted by Gasteiger charge is 2.17. The predicted octanol–water partition coefficient (Wildman–Crippen LogP) is 4.37. The SMILES string of the molecule is CC(C)O/N=[C]/c1ccccc1C1CCCCC1. The van der Waals surface area contributed by atoms with Gasteiger partial charge in [0.1, 0.15) is 12.3 Å². The van der Waals surface area contributed by atoms with Crippen molar-refractivity contribution in [2.75, 3.05) is 0 Å². The highest BCUT2D eigenvalue weighted by Crippen LogP contribution is 2.33. The van der Waals surface area contributed by atoms with Crippen molar-refractivity contribution in [1.29, 1.82) is 0 Å². The zero-order chi connectivity index (χ0) is 12.8. The van der Waals surface area contributed by atoms with E-state index in [9.17, 15) is 0 Å². The van der Waals surface area contributed by atoms with Gasteiger partial charge >= 0.3 is 0 Å². The molecule has 2 heteroatoms. The molecule has 0 spiro atoms. The van der Waals surface area contributed by atoms with Gasteiger partial charge < -0.3 is 4.84 Å². The summed E-state index contributed by atoms with van der Waals surface area (Å²) in [5.74, 6) is 0.678. The Kier molecular flexibility index (Phi) is 4.80. The number of nitrogens with zero attached hydrogens (tertiary/aromatic N) is 1. The summed E-state index contributed by atoms with van der Waals surface area (Å²) in [6.45, 7) is 3.94. The molecular formula is C16H22NO. The summed E-state index contributed by atoms with van der Waals surface area (Å²) >= 11 is 0. The minimum absolute atomic E-state index is 0.111. The van der Waals surface area contributed by atoms with Crippen LogP contribution in [0.4, 0.5) is 0 Å². The lowest BCUT2D eigenvalue weighted by atomic mass is 9.82. The van der Waals surface area contributed by atoms with Crippen LogP contribution >= 0.6 is 0 Å². The van der Waals surface area contributed by atoms with Gasteiger partial charge in [0, 0.05) is 5.56 Å². The van der Waals surface area contributed by atoms with Crippen LogP contribution in [0, 0.1) is 0 Å². The Morgan fingerprint density at radius 2 is 1.89 bits per heavy atom. The van der Waals surface area contributed by atoms with Crippen LogP contribution in [0.1, 0.15) is 63.0 Å². The molecule has 0 bridgehead atoms. The summed E-state index contributed by atoms with van der Waals surface area (Å²) in [6.07, 6.45) is 9.82. The number of benzene rings is 1. The van der Waals surface area contributed by atoms with E-state index in [4.69, 9.17) is 4.84 Å². The van der Waals surface area contributed by atoms with E-state index in [0.717, 1.165) is 5.56 Å². The van der Waals surface area contributed by atoms with E-state index in [1.54, 1.807) is 0 Å².